The second-order valence-electron chi connectivity index (χ2n) is 5.85. The van der Waals surface area contributed by atoms with Crippen molar-refractivity contribution < 1.29 is 0 Å². The highest BCUT2D eigenvalue weighted by atomic mass is 35.5. The first-order chi connectivity index (χ1) is 12.7. The lowest BCUT2D eigenvalue weighted by molar-refractivity contribution is 1.05. The lowest BCUT2D eigenvalue weighted by Crippen LogP contribution is -2.14. The summed E-state index contributed by atoms with van der Waals surface area (Å²) in [4.78, 5) is 22.5. The number of H-pyrrole nitrogens is 1. The number of rotatable bonds is 4. The Bertz CT molecular complexity index is 1120. The molecular weight excluding hydrogens is 348 g/mol. The Morgan fingerprint density at radius 2 is 1.85 bits per heavy atom. The molecule has 2 aromatic carbocycles. The van der Waals surface area contributed by atoms with Crippen molar-refractivity contribution in [2.45, 2.75) is 6.54 Å². The van der Waals surface area contributed by atoms with Crippen molar-refractivity contribution in [2.24, 2.45) is 0 Å². The summed E-state index contributed by atoms with van der Waals surface area (Å²) < 4.78 is 0. The summed E-state index contributed by atoms with van der Waals surface area (Å²) in [5.74, 6) is 0.524. The van der Waals surface area contributed by atoms with Crippen LogP contribution in [0.15, 0.2) is 71.7 Å². The van der Waals surface area contributed by atoms with Crippen molar-refractivity contribution >= 4 is 28.5 Å². The van der Waals surface area contributed by atoms with Gasteiger partial charge in [0.05, 0.1) is 5.39 Å². The number of aromatic amines is 1. The molecule has 0 saturated carbocycles. The molecular formula is C20H15ClN4O. The number of pyridine rings is 1. The fourth-order valence-corrected chi connectivity index (χ4v) is 2.98. The van der Waals surface area contributed by atoms with Gasteiger partial charge in [-0.2, -0.15) is 4.98 Å². The van der Waals surface area contributed by atoms with Crippen LogP contribution in [0.25, 0.3) is 22.2 Å². The highest BCUT2D eigenvalue weighted by Crippen LogP contribution is 2.23. The third kappa shape index (κ3) is 3.43. The zero-order valence-electron chi connectivity index (χ0n) is 13.7. The van der Waals surface area contributed by atoms with E-state index in [1.165, 1.54) is 0 Å². The SMILES string of the molecule is O=c1nc(NCc2ccc(-c3cccc(Cl)c3)cc2)c2cccnc2[nH]1. The van der Waals surface area contributed by atoms with Gasteiger partial charge in [0.2, 0.25) is 0 Å². The lowest BCUT2D eigenvalue weighted by Gasteiger charge is -2.09. The average Bonchev–Trinajstić information content (AvgIpc) is 2.66. The highest BCUT2D eigenvalue weighted by Gasteiger charge is 2.06. The number of anilines is 1. The highest BCUT2D eigenvalue weighted by molar-refractivity contribution is 6.30. The Kier molecular flexibility index (Phi) is 4.37. The largest absolute Gasteiger partial charge is 0.365 e. The van der Waals surface area contributed by atoms with Crippen molar-refractivity contribution in [3.05, 3.63) is 87.9 Å². The number of fused-ring (bicyclic) bond motifs is 1. The van der Waals surface area contributed by atoms with Crippen LogP contribution in [0.1, 0.15) is 5.56 Å². The first-order valence-corrected chi connectivity index (χ1v) is 8.51. The van der Waals surface area contributed by atoms with Gasteiger partial charge in [0, 0.05) is 17.8 Å². The summed E-state index contributed by atoms with van der Waals surface area (Å²) in [6.45, 7) is 0.552. The number of nitrogens with zero attached hydrogens (tertiary/aromatic N) is 2. The molecule has 4 aromatic rings. The minimum Gasteiger partial charge on any atom is -0.365 e. The molecule has 2 N–H and O–H groups in total. The van der Waals surface area contributed by atoms with Crippen molar-refractivity contribution in [2.75, 3.05) is 5.32 Å². The number of halogens is 1. The van der Waals surface area contributed by atoms with Crippen LogP contribution in [-0.4, -0.2) is 15.0 Å². The van der Waals surface area contributed by atoms with Crippen molar-refractivity contribution in [3.63, 3.8) is 0 Å². The quantitative estimate of drug-likeness (QED) is 0.569. The summed E-state index contributed by atoms with van der Waals surface area (Å²) in [5.41, 5.74) is 3.35. The number of benzene rings is 2. The van der Waals surface area contributed by atoms with E-state index in [2.05, 4.69) is 20.3 Å². The van der Waals surface area contributed by atoms with E-state index in [1.54, 1.807) is 6.20 Å². The molecule has 4 rings (SSSR count). The summed E-state index contributed by atoms with van der Waals surface area (Å²) in [6, 6.07) is 19.6. The molecule has 5 nitrogen and oxygen atoms in total. The molecule has 6 heteroatoms. The molecule has 26 heavy (non-hydrogen) atoms. The van der Waals surface area contributed by atoms with E-state index in [0.29, 0.717) is 23.0 Å². The van der Waals surface area contributed by atoms with E-state index in [0.717, 1.165) is 22.1 Å². The number of hydrogen-bond donors (Lipinski definition) is 2. The number of nitrogens with one attached hydrogen (secondary N) is 2. The van der Waals surface area contributed by atoms with Crippen molar-refractivity contribution in [3.8, 4) is 11.1 Å². The van der Waals surface area contributed by atoms with Gasteiger partial charge in [-0.05, 0) is 41.0 Å². The number of hydrogen-bond acceptors (Lipinski definition) is 4. The van der Waals surface area contributed by atoms with Gasteiger partial charge in [-0.3, -0.25) is 4.98 Å². The zero-order chi connectivity index (χ0) is 17.9. The number of aromatic nitrogens is 3. The molecule has 0 aliphatic rings. The fourth-order valence-electron chi connectivity index (χ4n) is 2.79. The smallest absolute Gasteiger partial charge is 0.348 e. The van der Waals surface area contributed by atoms with Crippen LogP contribution in [0, 0.1) is 0 Å². The molecule has 0 atom stereocenters. The van der Waals surface area contributed by atoms with Crippen LogP contribution in [0.5, 0.6) is 0 Å². The molecule has 0 amide bonds. The molecule has 0 radical (unpaired) electrons. The fraction of sp³-hybridized carbons (Fsp3) is 0.0500. The molecule has 0 fully saturated rings. The maximum atomic E-state index is 11.7. The van der Waals surface area contributed by atoms with Crippen LogP contribution >= 0.6 is 11.6 Å². The summed E-state index contributed by atoms with van der Waals surface area (Å²) in [6.07, 6.45) is 1.64. The molecule has 0 bridgehead atoms. The first kappa shape index (κ1) is 16.3. The minimum absolute atomic E-state index is 0.421. The van der Waals surface area contributed by atoms with Crippen LogP contribution < -0.4 is 11.0 Å². The minimum atomic E-state index is -0.421. The van der Waals surface area contributed by atoms with Gasteiger partial charge in [0.25, 0.3) is 0 Å². The van der Waals surface area contributed by atoms with Crippen molar-refractivity contribution in [1.29, 1.82) is 0 Å². The van der Waals surface area contributed by atoms with E-state index in [4.69, 9.17) is 11.6 Å². The predicted octanol–water partition coefficient (Wildman–Crippen LogP) is 4.25. The van der Waals surface area contributed by atoms with Crippen LogP contribution in [0.4, 0.5) is 5.82 Å². The molecule has 0 saturated heterocycles. The summed E-state index contributed by atoms with van der Waals surface area (Å²) >= 11 is 6.05. The molecule has 2 heterocycles. The normalized spacial score (nSPS) is 10.8. The van der Waals surface area contributed by atoms with Crippen LogP contribution in [-0.2, 0) is 6.54 Å². The maximum absolute atomic E-state index is 11.7. The van der Waals surface area contributed by atoms with E-state index in [9.17, 15) is 4.79 Å². The molecule has 0 spiro atoms. The second-order valence-corrected chi connectivity index (χ2v) is 6.29. The van der Waals surface area contributed by atoms with Gasteiger partial charge < -0.3 is 5.32 Å². The Hall–Kier alpha value is -3.18. The maximum Gasteiger partial charge on any atom is 0.348 e. The summed E-state index contributed by atoms with van der Waals surface area (Å²) in [7, 11) is 0. The van der Waals surface area contributed by atoms with E-state index in [1.807, 2.05) is 60.7 Å². The van der Waals surface area contributed by atoms with Crippen LogP contribution in [0.2, 0.25) is 5.02 Å². The van der Waals surface area contributed by atoms with Gasteiger partial charge >= 0.3 is 5.69 Å². The van der Waals surface area contributed by atoms with Crippen molar-refractivity contribution in [1.82, 2.24) is 15.0 Å². The molecule has 0 aliphatic carbocycles. The van der Waals surface area contributed by atoms with E-state index in [-0.39, 0.29) is 0 Å². The average molecular weight is 363 g/mol. The molecule has 0 aliphatic heterocycles. The van der Waals surface area contributed by atoms with Gasteiger partial charge in [0.1, 0.15) is 11.5 Å². The zero-order valence-corrected chi connectivity index (χ0v) is 14.5. The monoisotopic (exact) mass is 362 g/mol. The van der Waals surface area contributed by atoms with E-state index < -0.39 is 5.69 Å². The Morgan fingerprint density at radius 3 is 2.65 bits per heavy atom. The van der Waals surface area contributed by atoms with Crippen LogP contribution in [0.3, 0.4) is 0 Å². The second kappa shape index (κ2) is 6.98. The van der Waals surface area contributed by atoms with Gasteiger partial charge in [0.15, 0.2) is 0 Å². The molecule has 2 aromatic heterocycles. The molecule has 0 unspecified atom stereocenters. The first-order valence-electron chi connectivity index (χ1n) is 8.13. The Morgan fingerprint density at radius 1 is 1.00 bits per heavy atom. The van der Waals surface area contributed by atoms with Gasteiger partial charge in [-0.1, -0.05) is 48.0 Å². The topological polar surface area (TPSA) is 70.7 Å². The Labute approximate surface area is 154 Å². The Balaban J connectivity index is 1.55. The third-order valence-corrected chi connectivity index (χ3v) is 4.31. The standard InChI is InChI=1S/C20H15ClN4O/c21-16-4-1-3-15(11-16)14-8-6-13(7-9-14)12-23-19-17-5-2-10-22-18(17)24-20(26)25-19/h1-11H,12H2,(H2,22,23,24,25,26). The predicted molar refractivity (Wildman–Crippen MR) is 104 cm³/mol. The third-order valence-electron chi connectivity index (χ3n) is 4.07. The van der Waals surface area contributed by atoms with E-state index >= 15 is 0 Å². The summed E-state index contributed by atoms with van der Waals surface area (Å²) in [5, 5.41) is 4.72. The van der Waals surface area contributed by atoms with Gasteiger partial charge in [-0.15, -0.1) is 0 Å². The molecule has 128 valence electrons. The van der Waals surface area contributed by atoms with Gasteiger partial charge in [-0.25, -0.2) is 9.78 Å². The lowest BCUT2D eigenvalue weighted by atomic mass is 10.0.